The van der Waals surface area contributed by atoms with E-state index in [0.29, 0.717) is 38.7 Å². The maximum Gasteiger partial charge on any atom is 0.335 e. The SMILES string of the molecule is CCCOCCOP(=O)(CCCCCP(=O)(OCCC)OC(C)C(C)=O)OC(C)C(=O)OCCC. The Hall–Kier alpha value is -0.600. The van der Waals surface area contributed by atoms with E-state index in [-0.39, 0.29) is 44.5 Å². The monoisotopic (exact) mass is 544 g/mol. The van der Waals surface area contributed by atoms with Crippen LogP contribution in [0.3, 0.4) is 0 Å². The van der Waals surface area contributed by atoms with Gasteiger partial charge in [-0.25, -0.2) is 4.79 Å². The van der Waals surface area contributed by atoms with E-state index in [1.165, 1.54) is 13.8 Å². The molecule has 0 aliphatic rings. The predicted molar refractivity (Wildman–Crippen MR) is 135 cm³/mol. The van der Waals surface area contributed by atoms with Crippen LogP contribution in [0.4, 0.5) is 0 Å². The maximum absolute atomic E-state index is 13.3. The van der Waals surface area contributed by atoms with Crippen molar-refractivity contribution in [3.63, 3.8) is 0 Å². The number of unbranched alkanes of at least 4 members (excludes halogenated alkanes) is 2. The average molecular weight is 545 g/mol. The third-order valence-corrected chi connectivity index (χ3v) is 8.87. The summed E-state index contributed by atoms with van der Waals surface area (Å²) in [5.74, 6) is -0.821. The lowest BCUT2D eigenvalue weighted by Gasteiger charge is -2.23. The fourth-order valence-electron chi connectivity index (χ4n) is 2.71. The van der Waals surface area contributed by atoms with Crippen molar-refractivity contribution in [1.82, 2.24) is 0 Å². The first kappa shape index (κ1) is 34.4. The Balaban J connectivity index is 4.90. The number of ether oxygens (including phenoxy) is 2. The average Bonchev–Trinajstić information content (AvgIpc) is 2.80. The second-order valence-electron chi connectivity index (χ2n) is 8.28. The van der Waals surface area contributed by atoms with Crippen molar-refractivity contribution in [3.05, 3.63) is 0 Å². The summed E-state index contributed by atoms with van der Waals surface area (Å²) in [5.41, 5.74) is 0. The number of Topliss-reactive ketones (excluding diaryl/α,β-unsaturated/α-hetero) is 1. The van der Waals surface area contributed by atoms with E-state index in [1.54, 1.807) is 6.92 Å². The summed E-state index contributed by atoms with van der Waals surface area (Å²) in [6, 6.07) is 0. The third-order valence-electron chi connectivity index (χ3n) is 4.71. The lowest BCUT2D eigenvalue weighted by molar-refractivity contribution is -0.151. The quantitative estimate of drug-likeness (QED) is 0.0890. The summed E-state index contributed by atoms with van der Waals surface area (Å²) in [5, 5.41) is 0. The lowest BCUT2D eigenvalue weighted by atomic mass is 10.3. The highest BCUT2D eigenvalue weighted by molar-refractivity contribution is 7.54. The molecular weight excluding hydrogens is 498 g/mol. The van der Waals surface area contributed by atoms with Crippen LogP contribution in [0.5, 0.6) is 0 Å². The molecule has 0 saturated carbocycles. The van der Waals surface area contributed by atoms with Crippen LogP contribution in [0.25, 0.3) is 0 Å². The maximum atomic E-state index is 13.3. The van der Waals surface area contributed by atoms with Gasteiger partial charge in [0.05, 0.1) is 38.8 Å². The standard InChI is InChI=1S/C23H46O10P2/c1-7-13-28-16-17-31-35(27,33-22(6)23(25)29-14-8-2)19-12-10-11-18-34(26,30-15-9-3)32-21(5)20(4)24/h21-22H,7-19H2,1-6H3. The van der Waals surface area contributed by atoms with Crippen LogP contribution in [0.15, 0.2) is 0 Å². The van der Waals surface area contributed by atoms with Crippen LogP contribution in [-0.2, 0) is 46.3 Å². The van der Waals surface area contributed by atoms with E-state index in [4.69, 9.17) is 27.6 Å². The van der Waals surface area contributed by atoms with Gasteiger partial charge in [0.2, 0.25) is 0 Å². The van der Waals surface area contributed by atoms with E-state index in [1.807, 2.05) is 20.8 Å². The molecule has 0 N–H and O–H groups in total. The molecule has 0 aliphatic carbocycles. The van der Waals surface area contributed by atoms with Crippen molar-refractivity contribution in [2.45, 2.75) is 92.3 Å². The number of carbonyl (C=O) groups is 2. The Kier molecular flexibility index (Phi) is 19.2. The molecule has 0 amide bonds. The molecule has 0 aromatic carbocycles. The molecule has 0 heterocycles. The fourth-order valence-corrected chi connectivity index (χ4v) is 6.54. The largest absolute Gasteiger partial charge is 0.464 e. The van der Waals surface area contributed by atoms with Crippen molar-refractivity contribution in [1.29, 1.82) is 0 Å². The summed E-state index contributed by atoms with van der Waals surface area (Å²) < 4.78 is 58.8. The number of hydrogen-bond donors (Lipinski definition) is 0. The first-order valence-corrected chi connectivity index (χ1v) is 16.1. The molecule has 4 unspecified atom stereocenters. The van der Waals surface area contributed by atoms with Gasteiger partial charge in [0.15, 0.2) is 11.9 Å². The minimum absolute atomic E-state index is 0.0742. The molecule has 12 heteroatoms. The normalized spacial score (nSPS) is 16.7. The molecule has 0 radical (unpaired) electrons. The second-order valence-corrected chi connectivity index (χ2v) is 12.6. The molecule has 0 spiro atoms. The van der Waals surface area contributed by atoms with Crippen molar-refractivity contribution in [2.75, 3.05) is 45.4 Å². The predicted octanol–water partition coefficient (Wildman–Crippen LogP) is 5.77. The molecule has 0 aliphatic heterocycles. The van der Waals surface area contributed by atoms with Gasteiger partial charge < -0.3 is 18.5 Å². The van der Waals surface area contributed by atoms with Gasteiger partial charge in [0, 0.05) is 6.61 Å². The van der Waals surface area contributed by atoms with Gasteiger partial charge in [-0.15, -0.1) is 0 Å². The first-order valence-electron chi connectivity index (χ1n) is 12.6. The van der Waals surface area contributed by atoms with Crippen LogP contribution in [0.1, 0.15) is 80.1 Å². The van der Waals surface area contributed by atoms with Gasteiger partial charge in [-0.05, 0) is 52.9 Å². The Morgan fingerprint density at radius 2 is 1.20 bits per heavy atom. The van der Waals surface area contributed by atoms with Gasteiger partial charge in [0.1, 0.15) is 6.10 Å². The molecular formula is C23H46O10P2. The number of ketones is 1. The minimum Gasteiger partial charge on any atom is -0.464 e. The zero-order valence-corrected chi connectivity index (χ0v) is 24.1. The minimum atomic E-state index is -3.60. The zero-order chi connectivity index (χ0) is 26.7. The fraction of sp³-hybridized carbons (Fsp3) is 0.913. The summed E-state index contributed by atoms with van der Waals surface area (Å²) in [6.07, 6.45) is 2.03. The zero-order valence-electron chi connectivity index (χ0n) is 22.3. The van der Waals surface area contributed by atoms with E-state index >= 15 is 0 Å². The Bertz CT molecular complexity index is 685. The Morgan fingerprint density at radius 1 is 0.686 bits per heavy atom. The summed E-state index contributed by atoms with van der Waals surface area (Å²) in [6.45, 7) is 11.6. The van der Waals surface area contributed by atoms with Gasteiger partial charge in [-0.1, -0.05) is 27.2 Å². The smallest absolute Gasteiger partial charge is 0.335 e. The summed E-state index contributed by atoms with van der Waals surface area (Å²) in [7, 11) is -7.03. The highest BCUT2D eigenvalue weighted by Gasteiger charge is 2.32. The van der Waals surface area contributed by atoms with Crippen LogP contribution in [-0.4, -0.2) is 69.3 Å². The van der Waals surface area contributed by atoms with Crippen molar-refractivity contribution in [3.8, 4) is 0 Å². The van der Waals surface area contributed by atoms with E-state index in [2.05, 4.69) is 0 Å². The van der Waals surface area contributed by atoms with Crippen LogP contribution in [0, 0.1) is 0 Å². The topological polar surface area (TPSA) is 124 Å². The number of hydrogen-bond acceptors (Lipinski definition) is 10. The molecule has 4 atom stereocenters. The van der Waals surface area contributed by atoms with Gasteiger partial charge in [0.25, 0.3) is 0 Å². The molecule has 35 heavy (non-hydrogen) atoms. The van der Waals surface area contributed by atoms with E-state index < -0.39 is 33.4 Å². The molecule has 0 aromatic rings. The number of carbonyl (C=O) groups excluding carboxylic acids is 2. The van der Waals surface area contributed by atoms with Crippen molar-refractivity contribution < 1.29 is 46.3 Å². The Labute approximate surface area is 211 Å². The lowest BCUT2D eigenvalue weighted by Crippen LogP contribution is -2.24. The molecule has 0 aromatic heterocycles. The Morgan fingerprint density at radius 3 is 1.71 bits per heavy atom. The highest BCUT2D eigenvalue weighted by atomic mass is 31.2. The van der Waals surface area contributed by atoms with Crippen LogP contribution in [0.2, 0.25) is 0 Å². The van der Waals surface area contributed by atoms with Crippen molar-refractivity contribution in [2.24, 2.45) is 0 Å². The summed E-state index contributed by atoms with van der Waals surface area (Å²) in [4.78, 5) is 23.6. The third kappa shape index (κ3) is 16.7. The summed E-state index contributed by atoms with van der Waals surface area (Å²) >= 11 is 0. The first-order chi connectivity index (χ1) is 16.5. The van der Waals surface area contributed by atoms with E-state index in [9.17, 15) is 18.7 Å². The van der Waals surface area contributed by atoms with Crippen molar-refractivity contribution >= 4 is 26.9 Å². The molecule has 0 saturated heterocycles. The highest BCUT2D eigenvalue weighted by Crippen LogP contribution is 2.52. The van der Waals surface area contributed by atoms with Gasteiger partial charge >= 0.3 is 21.2 Å². The molecule has 0 fully saturated rings. The number of esters is 1. The number of rotatable bonds is 23. The van der Waals surface area contributed by atoms with E-state index in [0.717, 1.165) is 6.42 Å². The van der Waals surface area contributed by atoms with Crippen LogP contribution < -0.4 is 0 Å². The molecule has 10 nitrogen and oxygen atoms in total. The second kappa shape index (κ2) is 19.5. The molecule has 208 valence electrons. The molecule has 0 rings (SSSR count). The van der Waals surface area contributed by atoms with Gasteiger partial charge in [-0.2, -0.15) is 0 Å². The molecule has 0 bridgehead atoms. The van der Waals surface area contributed by atoms with Crippen LogP contribution >= 0.6 is 15.2 Å². The van der Waals surface area contributed by atoms with Gasteiger partial charge in [-0.3, -0.25) is 23.0 Å².